The van der Waals surface area contributed by atoms with Crippen LogP contribution in [-0.4, -0.2) is 36.6 Å². The fraction of sp³-hybridized carbons (Fsp3) is 1.00. The van der Waals surface area contributed by atoms with E-state index in [9.17, 15) is 0 Å². The van der Waals surface area contributed by atoms with Crippen LogP contribution in [0.25, 0.3) is 0 Å². The van der Waals surface area contributed by atoms with Crippen LogP contribution in [0.4, 0.5) is 0 Å². The molecule has 1 aliphatic carbocycles. The molecule has 1 aliphatic heterocycles. The van der Waals surface area contributed by atoms with Crippen molar-refractivity contribution >= 4 is 0 Å². The third-order valence-electron chi connectivity index (χ3n) is 4.05. The molecule has 0 atom stereocenters. The molecule has 2 fully saturated rings. The average Bonchev–Trinajstić information content (AvgIpc) is 2.80. The molecule has 15 heavy (non-hydrogen) atoms. The summed E-state index contributed by atoms with van der Waals surface area (Å²) in [5.41, 5.74) is 0. The van der Waals surface area contributed by atoms with E-state index in [4.69, 9.17) is 0 Å². The number of hydrogen-bond acceptors (Lipinski definition) is 2. The molecule has 1 heterocycles. The lowest BCUT2D eigenvalue weighted by atomic mass is 10.0. The average molecular weight is 210 g/mol. The summed E-state index contributed by atoms with van der Waals surface area (Å²) in [6.07, 6.45) is 9.92. The molecule has 0 radical (unpaired) electrons. The van der Waals surface area contributed by atoms with Crippen LogP contribution in [0.15, 0.2) is 0 Å². The van der Waals surface area contributed by atoms with E-state index >= 15 is 0 Å². The molecular formula is C13H26N2. The van der Waals surface area contributed by atoms with Crippen molar-refractivity contribution in [2.24, 2.45) is 0 Å². The normalized spacial score (nSPS) is 25.2. The summed E-state index contributed by atoms with van der Waals surface area (Å²) >= 11 is 0. The highest BCUT2D eigenvalue weighted by Gasteiger charge is 2.28. The molecule has 2 heteroatoms. The van der Waals surface area contributed by atoms with Crippen molar-refractivity contribution < 1.29 is 0 Å². The zero-order chi connectivity index (χ0) is 10.5. The van der Waals surface area contributed by atoms with Gasteiger partial charge in [0.1, 0.15) is 0 Å². The van der Waals surface area contributed by atoms with E-state index < -0.39 is 0 Å². The van der Waals surface area contributed by atoms with Gasteiger partial charge in [0.15, 0.2) is 0 Å². The first-order chi connectivity index (χ1) is 7.42. The second-order valence-corrected chi connectivity index (χ2v) is 5.16. The fourth-order valence-corrected chi connectivity index (χ4v) is 3.30. The molecule has 0 aromatic carbocycles. The molecule has 0 spiro atoms. The first-order valence-corrected chi connectivity index (χ1v) is 6.88. The molecule has 0 amide bonds. The van der Waals surface area contributed by atoms with Gasteiger partial charge in [-0.1, -0.05) is 19.8 Å². The molecule has 0 aromatic heterocycles. The fourth-order valence-electron chi connectivity index (χ4n) is 3.30. The summed E-state index contributed by atoms with van der Waals surface area (Å²) in [4.78, 5) is 2.84. The van der Waals surface area contributed by atoms with Gasteiger partial charge in [0.05, 0.1) is 0 Å². The van der Waals surface area contributed by atoms with Crippen molar-refractivity contribution in [1.82, 2.24) is 10.2 Å². The van der Waals surface area contributed by atoms with Crippen molar-refractivity contribution in [3.63, 3.8) is 0 Å². The second kappa shape index (κ2) is 5.86. The van der Waals surface area contributed by atoms with Crippen molar-refractivity contribution in [3.05, 3.63) is 0 Å². The van der Waals surface area contributed by atoms with Gasteiger partial charge < -0.3 is 5.32 Å². The molecule has 0 unspecified atom stereocenters. The lowest BCUT2D eigenvalue weighted by molar-refractivity contribution is 0.110. The molecule has 88 valence electrons. The van der Waals surface area contributed by atoms with Gasteiger partial charge in [-0.2, -0.15) is 0 Å². The van der Waals surface area contributed by atoms with E-state index in [0.717, 1.165) is 12.1 Å². The summed E-state index contributed by atoms with van der Waals surface area (Å²) in [5, 5.41) is 3.48. The quantitative estimate of drug-likeness (QED) is 0.766. The summed E-state index contributed by atoms with van der Waals surface area (Å²) < 4.78 is 0. The standard InChI is InChI=1S/C13H26N2/c1-2-11-15(12-5-3-4-6-12)13-7-9-14-10-8-13/h12-14H,2-11H2,1H3. The van der Waals surface area contributed by atoms with Gasteiger partial charge in [0.2, 0.25) is 0 Å². The van der Waals surface area contributed by atoms with Crippen LogP contribution in [0.3, 0.4) is 0 Å². The van der Waals surface area contributed by atoms with Crippen molar-refractivity contribution in [3.8, 4) is 0 Å². The number of hydrogen-bond donors (Lipinski definition) is 1. The first-order valence-electron chi connectivity index (χ1n) is 6.88. The monoisotopic (exact) mass is 210 g/mol. The minimum absolute atomic E-state index is 0.884. The Morgan fingerprint density at radius 3 is 2.20 bits per heavy atom. The van der Waals surface area contributed by atoms with E-state index in [1.165, 1.54) is 64.6 Å². The van der Waals surface area contributed by atoms with Crippen LogP contribution in [-0.2, 0) is 0 Å². The van der Waals surface area contributed by atoms with Gasteiger partial charge in [-0.05, 0) is 51.7 Å². The molecule has 2 nitrogen and oxygen atoms in total. The topological polar surface area (TPSA) is 15.3 Å². The highest BCUT2D eigenvalue weighted by Crippen LogP contribution is 2.27. The Morgan fingerprint density at radius 2 is 1.60 bits per heavy atom. The SMILES string of the molecule is CCCN(C1CCCC1)C1CCNCC1. The molecule has 2 rings (SSSR count). The number of piperidine rings is 1. The van der Waals surface area contributed by atoms with Crippen LogP contribution in [0.5, 0.6) is 0 Å². The smallest absolute Gasteiger partial charge is 0.0122 e. The maximum Gasteiger partial charge on any atom is 0.0122 e. The Bertz CT molecular complexity index is 169. The third kappa shape index (κ3) is 2.94. The minimum atomic E-state index is 0.884. The Balaban J connectivity index is 1.90. The summed E-state index contributed by atoms with van der Waals surface area (Å²) in [6.45, 7) is 6.12. The largest absolute Gasteiger partial charge is 0.317 e. The van der Waals surface area contributed by atoms with Crippen molar-refractivity contribution in [1.29, 1.82) is 0 Å². The van der Waals surface area contributed by atoms with E-state index in [0.29, 0.717) is 0 Å². The van der Waals surface area contributed by atoms with Crippen LogP contribution >= 0.6 is 0 Å². The second-order valence-electron chi connectivity index (χ2n) is 5.16. The molecule has 0 aromatic rings. The third-order valence-corrected chi connectivity index (χ3v) is 4.05. The predicted octanol–water partition coefficient (Wildman–Crippen LogP) is 2.39. The van der Waals surface area contributed by atoms with Crippen molar-refractivity contribution in [2.75, 3.05) is 19.6 Å². The van der Waals surface area contributed by atoms with Crippen LogP contribution in [0.2, 0.25) is 0 Å². The zero-order valence-electron chi connectivity index (χ0n) is 10.2. The van der Waals surface area contributed by atoms with Crippen LogP contribution in [0, 0.1) is 0 Å². The number of nitrogens with one attached hydrogen (secondary N) is 1. The maximum atomic E-state index is 3.48. The molecule has 1 N–H and O–H groups in total. The van der Waals surface area contributed by atoms with Gasteiger partial charge in [-0.25, -0.2) is 0 Å². The Morgan fingerprint density at radius 1 is 1.00 bits per heavy atom. The summed E-state index contributed by atoms with van der Waals surface area (Å²) in [6, 6.07) is 1.81. The van der Waals surface area contributed by atoms with Crippen LogP contribution in [0.1, 0.15) is 51.9 Å². The van der Waals surface area contributed by atoms with Gasteiger partial charge in [-0.15, -0.1) is 0 Å². The number of nitrogens with zero attached hydrogens (tertiary/aromatic N) is 1. The van der Waals surface area contributed by atoms with Gasteiger partial charge >= 0.3 is 0 Å². The van der Waals surface area contributed by atoms with E-state index in [1.54, 1.807) is 0 Å². The maximum absolute atomic E-state index is 3.48. The highest BCUT2D eigenvalue weighted by molar-refractivity contribution is 4.85. The molecule has 1 saturated heterocycles. The summed E-state index contributed by atoms with van der Waals surface area (Å²) in [5.74, 6) is 0. The predicted molar refractivity (Wildman–Crippen MR) is 65.1 cm³/mol. The minimum Gasteiger partial charge on any atom is -0.317 e. The zero-order valence-corrected chi connectivity index (χ0v) is 10.2. The Hall–Kier alpha value is -0.0800. The van der Waals surface area contributed by atoms with Gasteiger partial charge in [0.25, 0.3) is 0 Å². The Kier molecular flexibility index (Phi) is 4.45. The molecular weight excluding hydrogens is 184 g/mol. The first kappa shape index (κ1) is 11.4. The van der Waals surface area contributed by atoms with E-state index in [1.807, 2.05) is 0 Å². The molecule has 1 saturated carbocycles. The van der Waals surface area contributed by atoms with E-state index in [2.05, 4.69) is 17.1 Å². The van der Waals surface area contributed by atoms with Gasteiger partial charge in [0, 0.05) is 12.1 Å². The highest BCUT2D eigenvalue weighted by atomic mass is 15.2. The van der Waals surface area contributed by atoms with E-state index in [-0.39, 0.29) is 0 Å². The van der Waals surface area contributed by atoms with Crippen molar-refractivity contribution in [2.45, 2.75) is 64.0 Å². The molecule has 2 aliphatic rings. The Labute approximate surface area is 94.4 Å². The lowest BCUT2D eigenvalue weighted by Crippen LogP contribution is -2.47. The summed E-state index contributed by atoms with van der Waals surface area (Å²) in [7, 11) is 0. The van der Waals surface area contributed by atoms with Crippen LogP contribution < -0.4 is 5.32 Å². The lowest BCUT2D eigenvalue weighted by Gasteiger charge is -2.38. The molecule has 0 bridgehead atoms. The van der Waals surface area contributed by atoms with Gasteiger partial charge in [-0.3, -0.25) is 4.90 Å². The number of rotatable bonds is 4.